The molecule has 2 amide bonds. The Morgan fingerprint density at radius 2 is 1.68 bits per heavy atom. The maximum atomic E-state index is 12.9. The number of hydrazone groups is 1. The average Bonchev–Trinajstić information content (AvgIpc) is 2.68. The summed E-state index contributed by atoms with van der Waals surface area (Å²) in [6.07, 6.45) is 0.0902. The van der Waals surface area contributed by atoms with Gasteiger partial charge >= 0.3 is 0 Å². The number of ether oxygens (including phenoxy) is 2. The van der Waals surface area contributed by atoms with E-state index < -0.39 is 0 Å². The quantitative estimate of drug-likeness (QED) is 0.538. The van der Waals surface area contributed by atoms with Crippen LogP contribution < -0.4 is 20.2 Å². The van der Waals surface area contributed by atoms with E-state index in [2.05, 4.69) is 15.8 Å². The monoisotopic (exact) mass is 387 g/mol. The van der Waals surface area contributed by atoms with Crippen LogP contribution in [-0.4, -0.2) is 31.7 Å². The fourth-order valence-electron chi connectivity index (χ4n) is 2.38. The van der Waals surface area contributed by atoms with Crippen LogP contribution in [0.2, 0.25) is 0 Å². The van der Waals surface area contributed by atoms with Gasteiger partial charge in [-0.15, -0.1) is 0 Å². The predicted molar refractivity (Wildman–Crippen MR) is 104 cm³/mol. The molecule has 0 fully saturated rings. The molecular weight excluding hydrogens is 365 g/mol. The Morgan fingerprint density at radius 1 is 1.00 bits per heavy atom. The number of nitrogens with one attached hydrogen (secondary N) is 2. The van der Waals surface area contributed by atoms with Crippen LogP contribution in [-0.2, 0) is 16.0 Å². The largest absolute Gasteiger partial charge is 0.493 e. The number of amides is 2. The molecule has 0 aliphatic carbocycles. The van der Waals surface area contributed by atoms with Crippen LogP contribution in [0, 0.1) is 5.82 Å². The molecular formula is C20H22FN3O4. The first-order valence-electron chi connectivity index (χ1n) is 8.49. The van der Waals surface area contributed by atoms with Crippen molar-refractivity contribution in [3.05, 3.63) is 53.8 Å². The van der Waals surface area contributed by atoms with Gasteiger partial charge in [0.05, 0.1) is 27.1 Å². The van der Waals surface area contributed by atoms with Gasteiger partial charge in [-0.05, 0) is 48.9 Å². The summed E-state index contributed by atoms with van der Waals surface area (Å²) in [5.41, 5.74) is 4.07. The number of carbonyl (C=O) groups is 2. The van der Waals surface area contributed by atoms with Crippen LogP contribution in [0.15, 0.2) is 47.6 Å². The molecule has 0 bridgehead atoms. The lowest BCUT2D eigenvalue weighted by Crippen LogP contribution is -2.22. The number of rotatable bonds is 8. The number of nitrogens with zero attached hydrogens (tertiary/aromatic N) is 1. The summed E-state index contributed by atoms with van der Waals surface area (Å²) < 4.78 is 23.2. The van der Waals surface area contributed by atoms with Crippen molar-refractivity contribution < 1.29 is 23.5 Å². The van der Waals surface area contributed by atoms with E-state index in [1.54, 1.807) is 25.1 Å². The lowest BCUT2D eigenvalue weighted by Gasteiger charge is -2.09. The summed E-state index contributed by atoms with van der Waals surface area (Å²) in [4.78, 5) is 24.0. The van der Waals surface area contributed by atoms with Crippen molar-refractivity contribution in [3.8, 4) is 11.5 Å². The van der Waals surface area contributed by atoms with Crippen LogP contribution in [0.25, 0.3) is 0 Å². The third-order valence-electron chi connectivity index (χ3n) is 3.73. The zero-order valence-corrected chi connectivity index (χ0v) is 15.9. The van der Waals surface area contributed by atoms with Crippen molar-refractivity contribution >= 4 is 23.2 Å². The number of carbonyl (C=O) groups excluding carboxylic acids is 2. The number of methoxy groups -OCH3 is 2. The van der Waals surface area contributed by atoms with Gasteiger partial charge in [-0.25, -0.2) is 9.82 Å². The van der Waals surface area contributed by atoms with Gasteiger partial charge in [0.25, 0.3) is 0 Å². The molecule has 28 heavy (non-hydrogen) atoms. The van der Waals surface area contributed by atoms with E-state index in [0.29, 0.717) is 22.9 Å². The number of anilines is 1. The topological polar surface area (TPSA) is 89.0 Å². The first-order chi connectivity index (χ1) is 13.4. The van der Waals surface area contributed by atoms with E-state index in [9.17, 15) is 14.0 Å². The molecule has 0 saturated heterocycles. The van der Waals surface area contributed by atoms with Gasteiger partial charge in [-0.1, -0.05) is 6.07 Å². The minimum atomic E-state index is -0.382. The van der Waals surface area contributed by atoms with Crippen LogP contribution in [0.5, 0.6) is 11.5 Å². The fraction of sp³-hybridized carbons (Fsp3) is 0.250. The summed E-state index contributed by atoms with van der Waals surface area (Å²) in [6, 6.07) is 10.6. The van der Waals surface area contributed by atoms with Gasteiger partial charge in [0.2, 0.25) is 11.8 Å². The average molecular weight is 387 g/mol. The first kappa shape index (κ1) is 20.9. The highest BCUT2D eigenvalue weighted by Gasteiger charge is 2.09. The standard InChI is InChI=1S/C20H22FN3O4/c1-13(10-19(25)22-16-7-5-15(21)6-8-16)23-24-20(26)12-14-4-9-17(27-2)18(11-14)28-3/h4-9,11H,10,12H2,1-3H3,(H,22,25)(H,24,26). The molecule has 0 heterocycles. The fourth-order valence-corrected chi connectivity index (χ4v) is 2.38. The molecule has 2 N–H and O–H groups in total. The second kappa shape index (κ2) is 10.1. The van der Waals surface area contributed by atoms with E-state index in [-0.39, 0.29) is 30.5 Å². The van der Waals surface area contributed by atoms with E-state index in [0.717, 1.165) is 5.56 Å². The SMILES string of the molecule is COc1ccc(CC(=O)NN=C(C)CC(=O)Nc2ccc(F)cc2)cc1OC. The third kappa shape index (κ3) is 6.39. The molecule has 7 nitrogen and oxygen atoms in total. The Hall–Kier alpha value is -3.42. The summed E-state index contributed by atoms with van der Waals surface area (Å²) in [5, 5.41) is 6.56. The summed E-state index contributed by atoms with van der Waals surface area (Å²) in [5.74, 6) is 0.0816. The van der Waals surface area contributed by atoms with E-state index in [1.807, 2.05) is 0 Å². The van der Waals surface area contributed by atoms with Crippen LogP contribution in [0.4, 0.5) is 10.1 Å². The highest BCUT2D eigenvalue weighted by molar-refractivity contribution is 6.05. The summed E-state index contributed by atoms with van der Waals surface area (Å²) in [7, 11) is 3.06. The van der Waals surface area contributed by atoms with Crippen molar-refractivity contribution in [1.29, 1.82) is 0 Å². The Balaban J connectivity index is 1.85. The molecule has 0 spiro atoms. The Morgan fingerprint density at radius 3 is 2.32 bits per heavy atom. The molecule has 8 heteroatoms. The molecule has 2 rings (SSSR count). The second-order valence-corrected chi connectivity index (χ2v) is 5.98. The van der Waals surface area contributed by atoms with Crippen molar-refractivity contribution in [2.75, 3.05) is 19.5 Å². The molecule has 2 aromatic rings. The van der Waals surface area contributed by atoms with Crippen LogP contribution in [0.3, 0.4) is 0 Å². The van der Waals surface area contributed by atoms with Crippen molar-refractivity contribution in [1.82, 2.24) is 5.43 Å². The molecule has 0 aliphatic rings. The normalized spacial score (nSPS) is 10.9. The number of halogens is 1. The van der Waals surface area contributed by atoms with Gasteiger partial charge in [-0.3, -0.25) is 9.59 Å². The molecule has 0 unspecified atom stereocenters. The van der Waals surface area contributed by atoms with Crippen LogP contribution >= 0.6 is 0 Å². The van der Waals surface area contributed by atoms with Crippen molar-refractivity contribution in [3.63, 3.8) is 0 Å². The lowest BCUT2D eigenvalue weighted by molar-refractivity contribution is -0.120. The Bertz CT molecular complexity index is 866. The Kier molecular flexibility index (Phi) is 7.50. The predicted octanol–water partition coefficient (Wildman–Crippen LogP) is 2.91. The minimum absolute atomic E-state index is 0.00594. The summed E-state index contributed by atoms with van der Waals surface area (Å²) >= 11 is 0. The molecule has 0 atom stereocenters. The first-order valence-corrected chi connectivity index (χ1v) is 8.49. The molecule has 0 aromatic heterocycles. The summed E-state index contributed by atoms with van der Waals surface area (Å²) in [6.45, 7) is 1.63. The van der Waals surface area contributed by atoms with Gasteiger partial charge < -0.3 is 14.8 Å². The van der Waals surface area contributed by atoms with Gasteiger partial charge in [0.15, 0.2) is 11.5 Å². The molecule has 0 radical (unpaired) electrons. The van der Waals surface area contributed by atoms with E-state index >= 15 is 0 Å². The molecule has 2 aromatic carbocycles. The zero-order chi connectivity index (χ0) is 20.5. The molecule has 0 aliphatic heterocycles. The molecule has 148 valence electrons. The third-order valence-corrected chi connectivity index (χ3v) is 3.73. The van der Waals surface area contributed by atoms with E-state index in [1.165, 1.54) is 38.5 Å². The van der Waals surface area contributed by atoms with Crippen molar-refractivity contribution in [2.45, 2.75) is 19.8 Å². The maximum Gasteiger partial charge on any atom is 0.244 e. The van der Waals surface area contributed by atoms with Gasteiger partial charge in [0, 0.05) is 11.4 Å². The number of benzene rings is 2. The van der Waals surface area contributed by atoms with E-state index in [4.69, 9.17) is 9.47 Å². The minimum Gasteiger partial charge on any atom is -0.493 e. The number of hydrogen-bond acceptors (Lipinski definition) is 5. The lowest BCUT2D eigenvalue weighted by atomic mass is 10.1. The van der Waals surface area contributed by atoms with Crippen LogP contribution in [0.1, 0.15) is 18.9 Å². The smallest absolute Gasteiger partial charge is 0.244 e. The second-order valence-electron chi connectivity index (χ2n) is 5.98. The van der Waals surface area contributed by atoms with Gasteiger partial charge in [0.1, 0.15) is 5.82 Å². The molecule has 0 saturated carbocycles. The maximum absolute atomic E-state index is 12.9. The van der Waals surface area contributed by atoms with Gasteiger partial charge in [-0.2, -0.15) is 5.10 Å². The Labute approximate surface area is 162 Å². The number of hydrogen-bond donors (Lipinski definition) is 2. The highest BCUT2D eigenvalue weighted by Crippen LogP contribution is 2.27. The zero-order valence-electron chi connectivity index (χ0n) is 15.9. The highest BCUT2D eigenvalue weighted by atomic mass is 19.1. The van der Waals surface area contributed by atoms with Crippen molar-refractivity contribution in [2.24, 2.45) is 5.10 Å².